The maximum Gasteiger partial charge on any atom is 0.0474 e. The highest BCUT2D eigenvalue weighted by atomic mass is 16.5. The second-order valence-electron chi connectivity index (χ2n) is 5.17. The fraction of sp³-hybridized carbons (Fsp3) is 0.625. The normalized spacial score (nSPS) is 15.1. The van der Waals surface area contributed by atoms with Gasteiger partial charge in [0.05, 0.1) is 0 Å². The van der Waals surface area contributed by atoms with E-state index in [9.17, 15) is 0 Å². The second kappa shape index (κ2) is 8.18. The number of fused-ring (bicyclic) bond motifs is 1. The number of hydrogen-bond donors (Lipinski definition) is 1. The van der Waals surface area contributed by atoms with Gasteiger partial charge in [-0.15, -0.1) is 0 Å². The molecule has 1 aliphatic heterocycles. The molecule has 19 heavy (non-hydrogen) atoms. The average molecular weight is 262 g/mol. The van der Waals surface area contributed by atoms with E-state index in [1.807, 2.05) is 0 Å². The van der Waals surface area contributed by atoms with Crippen LogP contribution in [-0.2, 0) is 11.2 Å². The first-order chi connectivity index (χ1) is 9.42. The highest BCUT2D eigenvalue weighted by molar-refractivity contribution is 5.54. The van der Waals surface area contributed by atoms with E-state index in [1.165, 1.54) is 37.1 Å². The molecule has 0 radical (unpaired) electrons. The fourth-order valence-corrected chi connectivity index (χ4v) is 2.68. The number of nitrogens with one attached hydrogen (secondary N) is 1. The largest absolute Gasteiger partial charge is 0.385 e. The first-order valence-corrected chi connectivity index (χ1v) is 7.44. The van der Waals surface area contributed by atoms with Gasteiger partial charge in [0.2, 0.25) is 0 Å². The van der Waals surface area contributed by atoms with Gasteiger partial charge < -0.3 is 15.0 Å². The van der Waals surface area contributed by atoms with E-state index in [0.29, 0.717) is 0 Å². The Morgan fingerprint density at radius 1 is 1.21 bits per heavy atom. The molecule has 0 amide bonds. The van der Waals surface area contributed by atoms with E-state index in [4.69, 9.17) is 4.74 Å². The minimum atomic E-state index is 0.847. The van der Waals surface area contributed by atoms with Gasteiger partial charge >= 0.3 is 0 Å². The number of benzene rings is 1. The summed E-state index contributed by atoms with van der Waals surface area (Å²) in [6.07, 6.45) is 4.94. The van der Waals surface area contributed by atoms with Gasteiger partial charge in [-0.1, -0.05) is 18.2 Å². The molecule has 1 aromatic carbocycles. The van der Waals surface area contributed by atoms with Crippen molar-refractivity contribution in [2.24, 2.45) is 0 Å². The minimum absolute atomic E-state index is 0.847. The Morgan fingerprint density at radius 2 is 2.11 bits per heavy atom. The molecule has 0 aromatic heterocycles. The molecule has 1 heterocycles. The average Bonchev–Trinajstić information content (AvgIpc) is 2.65. The Labute approximate surface area is 116 Å². The van der Waals surface area contributed by atoms with Crippen LogP contribution in [0.1, 0.15) is 24.8 Å². The predicted molar refractivity (Wildman–Crippen MR) is 81.0 cm³/mol. The molecular weight excluding hydrogens is 236 g/mol. The van der Waals surface area contributed by atoms with Crippen molar-refractivity contribution < 1.29 is 4.74 Å². The lowest BCUT2D eigenvalue weighted by Crippen LogP contribution is -2.33. The molecule has 0 saturated heterocycles. The lowest BCUT2D eigenvalue weighted by atomic mass is 10.1. The van der Waals surface area contributed by atoms with Crippen molar-refractivity contribution in [3.8, 4) is 0 Å². The third-order valence-electron chi connectivity index (χ3n) is 3.72. The van der Waals surface area contributed by atoms with E-state index < -0.39 is 0 Å². The van der Waals surface area contributed by atoms with Crippen LogP contribution >= 0.6 is 0 Å². The Hall–Kier alpha value is -1.06. The van der Waals surface area contributed by atoms with Gasteiger partial charge in [0.15, 0.2) is 0 Å². The van der Waals surface area contributed by atoms with Crippen molar-refractivity contribution in [2.45, 2.75) is 25.7 Å². The number of ether oxygens (including phenoxy) is 1. The van der Waals surface area contributed by atoms with E-state index >= 15 is 0 Å². The topological polar surface area (TPSA) is 24.5 Å². The lowest BCUT2D eigenvalue weighted by Gasteiger charge is -2.25. The van der Waals surface area contributed by atoms with Crippen molar-refractivity contribution in [1.29, 1.82) is 0 Å². The summed E-state index contributed by atoms with van der Waals surface area (Å²) in [4.78, 5) is 2.53. The minimum Gasteiger partial charge on any atom is -0.385 e. The molecule has 0 spiro atoms. The lowest BCUT2D eigenvalue weighted by molar-refractivity contribution is 0.194. The molecule has 3 heteroatoms. The highest BCUT2D eigenvalue weighted by Gasteiger charge is 2.13. The molecule has 1 N–H and O–H groups in total. The van der Waals surface area contributed by atoms with Crippen LogP contribution in [-0.4, -0.2) is 39.9 Å². The van der Waals surface area contributed by atoms with Crippen molar-refractivity contribution in [2.75, 3.05) is 44.8 Å². The van der Waals surface area contributed by atoms with Crippen LogP contribution in [0.4, 0.5) is 5.69 Å². The zero-order valence-corrected chi connectivity index (χ0v) is 12.0. The second-order valence-corrected chi connectivity index (χ2v) is 5.17. The summed E-state index contributed by atoms with van der Waals surface area (Å²) in [6, 6.07) is 8.86. The van der Waals surface area contributed by atoms with Crippen molar-refractivity contribution in [1.82, 2.24) is 5.32 Å². The van der Waals surface area contributed by atoms with Gasteiger partial charge in [0.25, 0.3) is 0 Å². The molecule has 0 aliphatic carbocycles. The maximum absolute atomic E-state index is 5.05. The Bertz CT molecular complexity index is 368. The van der Waals surface area contributed by atoms with Gasteiger partial charge in [-0.2, -0.15) is 0 Å². The summed E-state index contributed by atoms with van der Waals surface area (Å²) in [5, 5.41) is 3.50. The van der Waals surface area contributed by atoms with Crippen molar-refractivity contribution in [3.05, 3.63) is 29.8 Å². The van der Waals surface area contributed by atoms with Gasteiger partial charge in [0, 0.05) is 39.0 Å². The third-order valence-corrected chi connectivity index (χ3v) is 3.72. The molecule has 3 nitrogen and oxygen atoms in total. The molecule has 1 aromatic rings. The standard InChI is InChI=1S/C16H26N2O/c1-19-14-6-10-17-11-13-18-12-5-4-8-15-7-2-3-9-16(15)18/h2-3,7,9,17H,4-6,8,10-14H2,1H3. The summed E-state index contributed by atoms with van der Waals surface area (Å²) >= 11 is 0. The number of rotatable bonds is 7. The first-order valence-electron chi connectivity index (χ1n) is 7.44. The van der Waals surface area contributed by atoms with E-state index in [0.717, 1.165) is 32.7 Å². The van der Waals surface area contributed by atoms with Gasteiger partial charge in [-0.25, -0.2) is 0 Å². The molecule has 1 aliphatic rings. The predicted octanol–water partition coefficient (Wildman–Crippen LogP) is 2.46. The zero-order chi connectivity index (χ0) is 13.3. The molecule has 106 valence electrons. The van der Waals surface area contributed by atoms with Gasteiger partial charge in [-0.3, -0.25) is 0 Å². The smallest absolute Gasteiger partial charge is 0.0474 e. The van der Waals surface area contributed by atoms with Crippen LogP contribution in [0.2, 0.25) is 0 Å². The molecule has 0 bridgehead atoms. The van der Waals surface area contributed by atoms with Crippen molar-refractivity contribution >= 4 is 5.69 Å². The molecule has 0 unspecified atom stereocenters. The number of hydrogen-bond acceptors (Lipinski definition) is 3. The molecule has 2 rings (SSSR count). The van der Waals surface area contributed by atoms with Crippen molar-refractivity contribution in [3.63, 3.8) is 0 Å². The Balaban J connectivity index is 1.79. The summed E-state index contributed by atoms with van der Waals surface area (Å²) in [5.41, 5.74) is 2.96. The number of methoxy groups -OCH3 is 1. The Morgan fingerprint density at radius 3 is 3.00 bits per heavy atom. The highest BCUT2D eigenvalue weighted by Crippen LogP contribution is 2.25. The number of anilines is 1. The maximum atomic E-state index is 5.05. The van der Waals surface area contributed by atoms with Crippen LogP contribution in [0.3, 0.4) is 0 Å². The van der Waals surface area contributed by atoms with Gasteiger partial charge in [0.1, 0.15) is 0 Å². The van der Waals surface area contributed by atoms with E-state index in [-0.39, 0.29) is 0 Å². The fourth-order valence-electron chi connectivity index (χ4n) is 2.68. The Kier molecular flexibility index (Phi) is 6.18. The van der Waals surface area contributed by atoms with Crippen LogP contribution < -0.4 is 10.2 Å². The summed E-state index contributed by atoms with van der Waals surface area (Å²) < 4.78 is 5.05. The number of aryl methyl sites for hydroxylation is 1. The zero-order valence-electron chi connectivity index (χ0n) is 12.0. The quantitative estimate of drug-likeness (QED) is 0.764. The number of para-hydroxylation sites is 1. The van der Waals surface area contributed by atoms with Crippen LogP contribution in [0.15, 0.2) is 24.3 Å². The molecule has 0 atom stereocenters. The van der Waals surface area contributed by atoms with Crippen LogP contribution in [0.25, 0.3) is 0 Å². The van der Waals surface area contributed by atoms with Crippen LogP contribution in [0.5, 0.6) is 0 Å². The number of nitrogens with zero attached hydrogens (tertiary/aromatic N) is 1. The SMILES string of the molecule is COCCCNCCN1CCCCc2ccccc21. The van der Waals surface area contributed by atoms with E-state index in [1.54, 1.807) is 7.11 Å². The summed E-state index contributed by atoms with van der Waals surface area (Å²) in [6.45, 7) is 5.24. The first kappa shape index (κ1) is 14.4. The monoisotopic (exact) mass is 262 g/mol. The molecule has 0 saturated carbocycles. The van der Waals surface area contributed by atoms with E-state index in [2.05, 4.69) is 34.5 Å². The molecule has 0 fully saturated rings. The summed E-state index contributed by atoms with van der Waals surface area (Å²) in [5.74, 6) is 0. The summed E-state index contributed by atoms with van der Waals surface area (Å²) in [7, 11) is 1.76. The van der Waals surface area contributed by atoms with Crippen LogP contribution in [0, 0.1) is 0 Å². The van der Waals surface area contributed by atoms with Gasteiger partial charge in [-0.05, 0) is 43.9 Å². The third kappa shape index (κ3) is 4.51. The molecular formula is C16H26N2O.